The second-order valence-electron chi connectivity index (χ2n) is 8.46. The number of thiocarbonyl (C=S) groups is 1. The summed E-state index contributed by atoms with van der Waals surface area (Å²) in [6.45, 7) is 4.28. The molecule has 178 valence electrons. The van der Waals surface area contributed by atoms with Crippen LogP contribution >= 0.6 is 39.7 Å². The highest BCUT2D eigenvalue weighted by Gasteiger charge is 2.42. The average Bonchev–Trinajstić information content (AvgIpc) is 3.34. The number of nitrogens with one attached hydrogen (secondary N) is 1. The third-order valence-corrected chi connectivity index (χ3v) is 7.47. The number of rotatable bonds is 5. The van der Waals surface area contributed by atoms with Gasteiger partial charge in [0.2, 0.25) is 0 Å². The molecule has 1 N–H and O–H groups in total. The van der Waals surface area contributed by atoms with E-state index in [0.29, 0.717) is 15.9 Å². The van der Waals surface area contributed by atoms with Crippen molar-refractivity contribution in [1.29, 1.82) is 0 Å². The molecule has 0 radical (unpaired) electrons. The van der Waals surface area contributed by atoms with Gasteiger partial charge in [-0.05, 0) is 86.2 Å². The summed E-state index contributed by atoms with van der Waals surface area (Å²) in [5.74, 6) is 0.624. The number of pyridine rings is 1. The lowest BCUT2D eigenvalue weighted by Crippen LogP contribution is -2.29. The number of halogens is 2. The van der Waals surface area contributed by atoms with Crippen LogP contribution < -0.4 is 15.0 Å². The van der Waals surface area contributed by atoms with Gasteiger partial charge in [0, 0.05) is 33.4 Å². The van der Waals surface area contributed by atoms with Gasteiger partial charge in [0.25, 0.3) is 0 Å². The summed E-state index contributed by atoms with van der Waals surface area (Å²) in [7, 11) is 1.61. The first-order valence-electron chi connectivity index (χ1n) is 11.2. The molecule has 2 aromatic heterocycles. The smallest absolute Gasteiger partial charge is 0.174 e. The van der Waals surface area contributed by atoms with E-state index in [1.807, 2.05) is 54.7 Å². The van der Waals surface area contributed by atoms with Crippen LogP contribution in [0.2, 0.25) is 5.02 Å². The topological polar surface area (TPSA) is 42.3 Å². The fraction of sp³-hybridized carbons (Fsp3) is 0.185. The average molecular weight is 568 g/mol. The molecule has 5 nitrogen and oxygen atoms in total. The van der Waals surface area contributed by atoms with E-state index in [1.54, 1.807) is 7.11 Å². The molecule has 1 aliphatic rings. The Labute approximate surface area is 223 Å². The van der Waals surface area contributed by atoms with Gasteiger partial charge in [0.15, 0.2) is 5.11 Å². The molecule has 35 heavy (non-hydrogen) atoms. The molecule has 1 saturated heterocycles. The normalized spacial score (nSPS) is 17.5. The second kappa shape index (κ2) is 9.64. The maximum atomic E-state index is 6.52. The predicted molar refractivity (Wildman–Crippen MR) is 149 cm³/mol. The number of ether oxygens (including phenoxy) is 1. The minimum Gasteiger partial charge on any atom is -0.495 e. The number of hydrogen-bond donors (Lipinski definition) is 1. The molecule has 0 aliphatic carbocycles. The van der Waals surface area contributed by atoms with E-state index in [1.165, 1.54) is 0 Å². The summed E-state index contributed by atoms with van der Waals surface area (Å²) in [5, 5.41) is 4.68. The van der Waals surface area contributed by atoms with Crippen molar-refractivity contribution >= 4 is 50.5 Å². The summed E-state index contributed by atoms with van der Waals surface area (Å²) >= 11 is 16.0. The van der Waals surface area contributed by atoms with Crippen LogP contribution in [0.3, 0.4) is 0 Å². The van der Waals surface area contributed by atoms with E-state index in [0.717, 1.165) is 38.5 Å². The minimum absolute atomic E-state index is 0.131. The lowest BCUT2D eigenvalue weighted by atomic mass is 9.96. The Morgan fingerprint density at radius 1 is 1.03 bits per heavy atom. The number of nitrogens with zero attached hydrogens (tertiary/aromatic N) is 3. The lowest BCUT2D eigenvalue weighted by molar-refractivity contribution is 0.415. The van der Waals surface area contributed by atoms with Crippen molar-refractivity contribution in [3.8, 4) is 11.4 Å². The number of methoxy groups -OCH3 is 1. The number of hydrogen-bond acceptors (Lipinski definition) is 3. The molecule has 8 heteroatoms. The van der Waals surface area contributed by atoms with Crippen molar-refractivity contribution in [3.63, 3.8) is 0 Å². The molecular formula is C27H24BrClN4OS. The number of aromatic nitrogens is 2. The number of benzene rings is 2. The summed E-state index contributed by atoms with van der Waals surface area (Å²) < 4.78 is 8.68. The van der Waals surface area contributed by atoms with Crippen molar-refractivity contribution in [2.45, 2.75) is 25.9 Å². The molecule has 1 aliphatic heterocycles. The van der Waals surface area contributed by atoms with Gasteiger partial charge >= 0.3 is 0 Å². The van der Waals surface area contributed by atoms with E-state index in [-0.39, 0.29) is 12.1 Å². The van der Waals surface area contributed by atoms with Crippen molar-refractivity contribution in [1.82, 2.24) is 14.9 Å². The second-order valence-corrected chi connectivity index (χ2v) is 10.2. The maximum absolute atomic E-state index is 6.52. The van der Waals surface area contributed by atoms with E-state index in [2.05, 4.69) is 67.7 Å². The lowest BCUT2D eigenvalue weighted by Gasteiger charge is -2.28. The highest BCUT2D eigenvalue weighted by molar-refractivity contribution is 9.10. The van der Waals surface area contributed by atoms with E-state index in [9.17, 15) is 0 Å². The SMILES string of the molecule is COc1ccc(N2C(=S)N[C@@H](c3ccccn3)[C@@H]2c2cc(C)n(-c3cccc(Br)c3)c2C)cc1Cl. The Morgan fingerprint density at radius 3 is 2.54 bits per heavy atom. The first-order chi connectivity index (χ1) is 16.9. The fourth-order valence-electron chi connectivity index (χ4n) is 4.85. The fourth-order valence-corrected chi connectivity index (χ4v) is 5.84. The Balaban J connectivity index is 1.68. The van der Waals surface area contributed by atoms with Gasteiger partial charge in [-0.15, -0.1) is 0 Å². The first kappa shape index (κ1) is 23.9. The minimum atomic E-state index is -0.138. The third kappa shape index (κ3) is 4.33. The Morgan fingerprint density at radius 2 is 1.86 bits per heavy atom. The largest absolute Gasteiger partial charge is 0.495 e. The highest BCUT2D eigenvalue weighted by atomic mass is 79.9. The van der Waals surface area contributed by atoms with Gasteiger partial charge in [-0.3, -0.25) is 4.98 Å². The zero-order chi connectivity index (χ0) is 24.7. The van der Waals surface area contributed by atoms with Gasteiger partial charge in [-0.2, -0.15) is 0 Å². The molecule has 0 bridgehead atoms. The van der Waals surface area contributed by atoms with Crippen molar-refractivity contribution < 1.29 is 4.74 Å². The van der Waals surface area contributed by atoms with Gasteiger partial charge in [-0.1, -0.05) is 39.7 Å². The molecule has 1 fully saturated rings. The summed E-state index contributed by atoms with van der Waals surface area (Å²) in [4.78, 5) is 6.80. The van der Waals surface area contributed by atoms with Crippen LogP contribution in [0.25, 0.3) is 5.69 Å². The highest BCUT2D eigenvalue weighted by Crippen LogP contribution is 2.45. The van der Waals surface area contributed by atoms with Crippen LogP contribution in [0, 0.1) is 13.8 Å². The van der Waals surface area contributed by atoms with Crippen molar-refractivity contribution in [3.05, 3.63) is 105 Å². The van der Waals surface area contributed by atoms with Gasteiger partial charge in [0.1, 0.15) is 5.75 Å². The van der Waals surface area contributed by atoms with Crippen LogP contribution in [-0.2, 0) is 0 Å². The van der Waals surface area contributed by atoms with Gasteiger partial charge < -0.3 is 19.5 Å². The number of aryl methyl sites for hydroxylation is 1. The molecule has 0 spiro atoms. The quantitative estimate of drug-likeness (QED) is 0.261. The molecule has 2 atom stereocenters. The molecule has 2 aromatic carbocycles. The van der Waals surface area contributed by atoms with E-state index < -0.39 is 0 Å². The van der Waals surface area contributed by atoms with Crippen LogP contribution in [-0.4, -0.2) is 21.8 Å². The van der Waals surface area contributed by atoms with E-state index >= 15 is 0 Å². The molecule has 5 rings (SSSR count). The van der Waals surface area contributed by atoms with Gasteiger partial charge in [-0.25, -0.2) is 0 Å². The molecule has 0 unspecified atom stereocenters. The van der Waals surface area contributed by atoms with Crippen LogP contribution in [0.15, 0.2) is 77.4 Å². The zero-order valence-electron chi connectivity index (χ0n) is 19.5. The molecule has 0 amide bonds. The molecular weight excluding hydrogens is 544 g/mol. The summed E-state index contributed by atoms with van der Waals surface area (Å²) in [6, 6.07) is 22.0. The van der Waals surface area contributed by atoms with E-state index in [4.69, 9.17) is 28.6 Å². The molecule has 0 saturated carbocycles. The molecule has 4 aromatic rings. The molecule has 3 heterocycles. The predicted octanol–water partition coefficient (Wildman–Crippen LogP) is 7.09. The third-order valence-electron chi connectivity index (χ3n) is 6.37. The van der Waals surface area contributed by atoms with Crippen LogP contribution in [0.5, 0.6) is 5.75 Å². The van der Waals surface area contributed by atoms with Crippen molar-refractivity contribution in [2.75, 3.05) is 12.0 Å². The van der Waals surface area contributed by atoms with Crippen LogP contribution in [0.1, 0.15) is 34.7 Å². The first-order valence-corrected chi connectivity index (χ1v) is 12.8. The van der Waals surface area contributed by atoms with Crippen molar-refractivity contribution in [2.24, 2.45) is 0 Å². The maximum Gasteiger partial charge on any atom is 0.174 e. The Kier molecular flexibility index (Phi) is 6.57. The Bertz CT molecular complexity index is 1410. The zero-order valence-corrected chi connectivity index (χ0v) is 22.7. The monoisotopic (exact) mass is 566 g/mol. The van der Waals surface area contributed by atoms with Gasteiger partial charge in [0.05, 0.1) is 29.9 Å². The summed E-state index contributed by atoms with van der Waals surface area (Å²) in [6.07, 6.45) is 1.81. The van der Waals surface area contributed by atoms with Crippen LogP contribution in [0.4, 0.5) is 5.69 Å². The Hall–Kier alpha value is -2.87. The summed E-state index contributed by atoms with van der Waals surface area (Å²) in [5.41, 5.74) is 6.36. The number of anilines is 1. The standard InChI is InChI=1S/C27H24BrClN4OS/c1-16-13-21(17(2)32(16)19-8-6-7-18(28)14-19)26-25(23-9-4-5-12-30-23)31-27(35)33(26)20-10-11-24(34-3)22(29)15-20/h4-15,25-26H,1-3H3,(H,31,35)/t25-,26-/m0/s1.